The van der Waals surface area contributed by atoms with Crippen LogP contribution in [0.1, 0.15) is 67.3 Å². The van der Waals surface area contributed by atoms with Crippen molar-refractivity contribution in [1.29, 1.82) is 0 Å². The fraction of sp³-hybridized carbons (Fsp3) is 0.400. The number of carbonyl (C=O) groups excluding carboxylic acids is 3. The molecule has 1 aliphatic rings. The summed E-state index contributed by atoms with van der Waals surface area (Å²) < 4.78 is 51.9. The fourth-order valence-electron chi connectivity index (χ4n) is 4.76. The number of furan rings is 1. The van der Waals surface area contributed by atoms with Gasteiger partial charge in [0, 0.05) is 36.3 Å². The maximum Gasteiger partial charge on any atom is 0.325 e. The van der Waals surface area contributed by atoms with Crippen LogP contribution in [-0.2, 0) is 29.1 Å². The smallest absolute Gasteiger partial charge is 0.325 e. The number of ether oxygens (including phenoxy) is 1. The lowest BCUT2D eigenvalue weighted by atomic mass is 9.97. The summed E-state index contributed by atoms with van der Waals surface area (Å²) in [5.74, 6) is -2.59. The minimum absolute atomic E-state index is 0.0604. The number of aliphatic carboxylic acids is 1. The number of rotatable bonds is 15. The number of nitrogens with one attached hydrogen (secondary N) is 1. The van der Waals surface area contributed by atoms with Crippen molar-refractivity contribution in [3.05, 3.63) is 53.3 Å². The van der Waals surface area contributed by atoms with Crippen molar-refractivity contribution >= 4 is 50.3 Å². The number of amides is 1. The molecule has 1 aliphatic carbocycles. The molecule has 1 amide bonds. The van der Waals surface area contributed by atoms with E-state index in [9.17, 15) is 32.0 Å². The number of carboxylic acid groups (broad SMARTS) is 1. The second-order valence-electron chi connectivity index (χ2n) is 10.4. The van der Waals surface area contributed by atoms with Crippen LogP contribution in [0.5, 0.6) is 0 Å². The van der Waals surface area contributed by atoms with Crippen molar-refractivity contribution in [2.75, 3.05) is 30.3 Å². The van der Waals surface area contributed by atoms with Gasteiger partial charge in [0.05, 0.1) is 24.1 Å². The lowest BCUT2D eigenvalue weighted by Gasteiger charge is -2.25. The number of esters is 1. The van der Waals surface area contributed by atoms with Crippen LogP contribution in [0.3, 0.4) is 0 Å². The minimum atomic E-state index is -3.86. The number of nitrogens with zero attached hydrogens (tertiary/aromatic N) is 1. The maximum absolute atomic E-state index is 13.6. The van der Waals surface area contributed by atoms with Crippen molar-refractivity contribution in [2.24, 2.45) is 0 Å². The van der Waals surface area contributed by atoms with Gasteiger partial charge in [0.1, 0.15) is 30.3 Å². The number of hydrogen-bond acceptors (Lipinski definition) is 8. The Labute approximate surface area is 248 Å². The van der Waals surface area contributed by atoms with Gasteiger partial charge in [-0.15, -0.1) is 0 Å². The molecule has 2 N–H and O–H groups in total. The summed E-state index contributed by atoms with van der Waals surface area (Å²) in [6.45, 7) is 0.760. The maximum atomic E-state index is 13.6. The number of Topliss-reactive ketones (excluding diaryl/α,β-unsaturated/α-hetero) is 1. The van der Waals surface area contributed by atoms with Crippen molar-refractivity contribution in [3.63, 3.8) is 0 Å². The van der Waals surface area contributed by atoms with Crippen LogP contribution in [0.25, 0.3) is 22.3 Å². The second-order valence-corrected chi connectivity index (χ2v) is 12.3. The predicted octanol–water partition coefficient (Wildman–Crippen LogP) is 4.39. The zero-order valence-electron chi connectivity index (χ0n) is 23.9. The van der Waals surface area contributed by atoms with E-state index >= 15 is 0 Å². The van der Waals surface area contributed by atoms with E-state index in [4.69, 9.17) is 14.3 Å². The number of hydrogen-bond donors (Lipinski definition) is 2. The molecule has 1 saturated carbocycles. The number of sulfonamides is 1. The van der Waals surface area contributed by atoms with Crippen LogP contribution >= 0.6 is 0 Å². The van der Waals surface area contributed by atoms with E-state index in [1.54, 1.807) is 19.1 Å². The molecule has 43 heavy (non-hydrogen) atoms. The molecule has 1 heterocycles. The highest BCUT2D eigenvalue weighted by atomic mass is 32.2. The topological polar surface area (TPSA) is 160 Å². The van der Waals surface area contributed by atoms with Crippen LogP contribution in [0.15, 0.2) is 40.8 Å². The summed E-state index contributed by atoms with van der Waals surface area (Å²) >= 11 is 0. The average molecular weight is 617 g/mol. The first-order valence-electron chi connectivity index (χ1n) is 13.9. The Bertz CT molecular complexity index is 1640. The molecule has 13 heteroatoms. The van der Waals surface area contributed by atoms with E-state index in [2.05, 4.69) is 5.32 Å². The lowest BCUT2D eigenvalue weighted by molar-refractivity contribution is -0.143. The molecule has 2 aromatic carbocycles. The van der Waals surface area contributed by atoms with E-state index in [1.165, 1.54) is 24.3 Å². The Hall–Kier alpha value is -4.26. The first kappa shape index (κ1) is 31.7. The molecule has 1 aromatic heterocycles. The van der Waals surface area contributed by atoms with E-state index < -0.39 is 40.2 Å². The Morgan fingerprint density at radius 3 is 2.42 bits per heavy atom. The van der Waals surface area contributed by atoms with E-state index in [0.717, 1.165) is 29.0 Å². The highest BCUT2D eigenvalue weighted by molar-refractivity contribution is 7.92. The number of benzene rings is 2. The number of ketones is 1. The SMILES string of the molecule is CCC(=O)c1c(-c2ccc(F)cc2)oc2cc(N(CCOC(=O)CNC(=O)CCCC(=O)O)S(C)(=O)=O)c(C3CC3)cc12. The number of carbonyl (C=O) groups is 4. The van der Waals surface area contributed by atoms with Gasteiger partial charge in [0.15, 0.2) is 5.78 Å². The Kier molecular flexibility index (Phi) is 9.84. The van der Waals surface area contributed by atoms with Gasteiger partial charge in [0.2, 0.25) is 15.9 Å². The molecular weight excluding hydrogens is 583 g/mol. The third kappa shape index (κ3) is 7.98. The van der Waals surface area contributed by atoms with E-state index in [1.807, 2.05) is 0 Å². The summed E-state index contributed by atoms with van der Waals surface area (Å²) in [6.07, 6.45) is 2.79. The van der Waals surface area contributed by atoms with E-state index in [-0.39, 0.29) is 61.9 Å². The molecule has 0 saturated heterocycles. The third-order valence-electron chi connectivity index (χ3n) is 7.01. The summed E-state index contributed by atoms with van der Waals surface area (Å²) in [7, 11) is -3.86. The van der Waals surface area contributed by atoms with Gasteiger partial charge in [-0.1, -0.05) is 6.92 Å². The zero-order valence-corrected chi connectivity index (χ0v) is 24.7. The van der Waals surface area contributed by atoms with Crippen LogP contribution in [-0.4, -0.2) is 63.1 Å². The molecule has 0 spiro atoms. The molecule has 0 aliphatic heterocycles. The first-order valence-corrected chi connectivity index (χ1v) is 15.7. The molecule has 0 atom stereocenters. The Balaban J connectivity index is 1.58. The van der Waals surface area contributed by atoms with Crippen LogP contribution in [0.2, 0.25) is 0 Å². The van der Waals surface area contributed by atoms with Crippen molar-refractivity contribution < 1.29 is 46.2 Å². The first-order chi connectivity index (χ1) is 20.4. The molecule has 3 aromatic rings. The quantitative estimate of drug-likeness (QED) is 0.186. The number of anilines is 1. The lowest BCUT2D eigenvalue weighted by Crippen LogP contribution is -2.36. The zero-order chi connectivity index (χ0) is 31.3. The number of carboxylic acids is 1. The summed E-state index contributed by atoms with van der Waals surface area (Å²) in [5.41, 5.74) is 2.20. The standard InChI is InChI=1S/C30H33FN2O9S/c1-3-24(34)29-22-15-21(18-7-8-18)23(16-25(22)42-30(29)19-9-11-20(31)12-10-19)33(43(2,39)40)13-14-41-28(38)17-32-26(35)5-4-6-27(36)37/h9-12,15-16,18H,3-8,13-14,17H2,1-2H3,(H,32,35)(H,36,37). The summed E-state index contributed by atoms with van der Waals surface area (Å²) in [6, 6.07) is 8.91. The second kappa shape index (κ2) is 13.4. The summed E-state index contributed by atoms with van der Waals surface area (Å²) in [4.78, 5) is 47.6. The molecule has 0 radical (unpaired) electrons. The van der Waals surface area contributed by atoms with Gasteiger partial charge >= 0.3 is 11.9 Å². The fourth-order valence-corrected chi connectivity index (χ4v) is 5.68. The molecular formula is C30H33FN2O9S. The Morgan fingerprint density at radius 1 is 1.12 bits per heavy atom. The van der Waals surface area contributed by atoms with Crippen molar-refractivity contribution in [1.82, 2.24) is 5.32 Å². The van der Waals surface area contributed by atoms with Gasteiger partial charge in [0.25, 0.3) is 0 Å². The molecule has 4 rings (SSSR count). The highest BCUT2D eigenvalue weighted by Gasteiger charge is 2.33. The molecule has 1 fully saturated rings. The van der Waals surface area contributed by atoms with Gasteiger partial charge in [-0.25, -0.2) is 12.8 Å². The Morgan fingerprint density at radius 2 is 1.81 bits per heavy atom. The minimum Gasteiger partial charge on any atom is -0.481 e. The van der Waals surface area contributed by atoms with Crippen LogP contribution < -0.4 is 9.62 Å². The molecule has 0 bridgehead atoms. The van der Waals surface area contributed by atoms with Crippen LogP contribution in [0.4, 0.5) is 10.1 Å². The van der Waals surface area contributed by atoms with E-state index in [0.29, 0.717) is 22.2 Å². The predicted molar refractivity (Wildman–Crippen MR) is 156 cm³/mol. The molecule has 11 nitrogen and oxygen atoms in total. The largest absolute Gasteiger partial charge is 0.481 e. The van der Waals surface area contributed by atoms with Gasteiger partial charge in [-0.05, 0) is 61.1 Å². The van der Waals surface area contributed by atoms with Crippen LogP contribution in [0, 0.1) is 5.82 Å². The summed E-state index contributed by atoms with van der Waals surface area (Å²) in [5, 5.41) is 11.5. The number of halogens is 1. The third-order valence-corrected chi connectivity index (χ3v) is 8.19. The highest BCUT2D eigenvalue weighted by Crippen LogP contribution is 2.48. The van der Waals surface area contributed by atoms with Gasteiger partial charge in [-0.2, -0.15) is 0 Å². The normalized spacial score (nSPS) is 13.1. The van der Waals surface area contributed by atoms with Crippen molar-refractivity contribution in [3.8, 4) is 11.3 Å². The monoisotopic (exact) mass is 616 g/mol. The van der Waals surface area contributed by atoms with Gasteiger partial charge in [-0.3, -0.25) is 23.5 Å². The average Bonchev–Trinajstić information content (AvgIpc) is 3.73. The van der Waals surface area contributed by atoms with Crippen molar-refractivity contribution in [2.45, 2.75) is 51.4 Å². The molecule has 230 valence electrons. The number of fused-ring (bicyclic) bond motifs is 1. The molecule has 0 unspecified atom stereocenters. The van der Waals surface area contributed by atoms with Gasteiger partial charge < -0.3 is 19.6 Å².